The van der Waals surface area contributed by atoms with E-state index < -0.39 is 17.6 Å². The van der Waals surface area contributed by atoms with Crippen molar-refractivity contribution in [2.24, 2.45) is 0 Å². The standard InChI is InChI=1S/C12H9F4N.2C2H6/c1-2-7-5-17-6-8-3-4-9(13)11(10(7)8)12(14,15)16;2*1-2/h3-6H,2H2,1H3;2*1-2H3. The third-order valence-corrected chi connectivity index (χ3v) is 2.62. The van der Waals surface area contributed by atoms with Crippen LogP contribution >= 0.6 is 0 Å². The Labute approximate surface area is 123 Å². The SMILES string of the molecule is CC.CC.CCc1cncc2ccc(F)c(C(F)(F)F)c12. The van der Waals surface area contributed by atoms with Crippen LogP contribution in [0.15, 0.2) is 24.5 Å². The van der Waals surface area contributed by atoms with E-state index in [0.29, 0.717) is 17.4 Å². The van der Waals surface area contributed by atoms with Gasteiger partial charge < -0.3 is 0 Å². The van der Waals surface area contributed by atoms with Crippen molar-refractivity contribution in [1.29, 1.82) is 0 Å². The summed E-state index contributed by atoms with van der Waals surface area (Å²) in [7, 11) is 0. The van der Waals surface area contributed by atoms with Gasteiger partial charge in [0.1, 0.15) is 5.82 Å². The van der Waals surface area contributed by atoms with Gasteiger partial charge in [-0.2, -0.15) is 13.2 Å². The summed E-state index contributed by atoms with van der Waals surface area (Å²) in [6.07, 6.45) is -1.67. The van der Waals surface area contributed by atoms with E-state index in [4.69, 9.17) is 0 Å². The summed E-state index contributed by atoms with van der Waals surface area (Å²) < 4.78 is 51.9. The molecule has 5 heteroatoms. The first-order valence-corrected chi connectivity index (χ1v) is 7.07. The number of benzene rings is 1. The van der Waals surface area contributed by atoms with Crippen molar-refractivity contribution < 1.29 is 17.6 Å². The van der Waals surface area contributed by atoms with Gasteiger partial charge in [0, 0.05) is 23.2 Å². The third kappa shape index (κ3) is 4.41. The van der Waals surface area contributed by atoms with Crippen LogP contribution in [0.2, 0.25) is 0 Å². The van der Waals surface area contributed by atoms with Crippen LogP contribution in [0.25, 0.3) is 10.8 Å². The maximum Gasteiger partial charge on any atom is 0.419 e. The van der Waals surface area contributed by atoms with Crippen LogP contribution in [-0.2, 0) is 12.6 Å². The minimum Gasteiger partial charge on any atom is -0.264 e. The Kier molecular flexibility index (Phi) is 7.92. The van der Waals surface area contributed by atoms with Crippen molar-refractivity contribution in [3.05, 3.63) is 41.5 Å². The number of aromatic nitrogens is 1. The lowest BCUT2D eigenvalue weighted by Crippen LogP contribution is -2.10. The summed E-state index contributed by atoms with van der Waals surface area (Å²) in [6, 6.07) is 2.14. The first-order chi connectivity index (χ1) is 9.95. The number of pyridine rings is 1. The molecule has 0 bridgehead atoms. The lowest BCUT2D eigenvalue weighted by atomic mass is 9.99. The average Bonchev–Trinajstić information content (AvgIpc) is 2.49. The number of aryl methyl sites for hydroxylation is 1. The largest absolute Gasteiger partial charge is 0.419 e. The van der Waals surface area contributed by atoms with Crippen LogP contribution < -0.4 is 0 Å². The highest BCUT2D eigenvalue weighted by molar-refractivity contribution is 5.88. The summed E-state index contributed by atoms with van der Waals surface area (Å²) in [5.41, 5.74) is -0.802. The van der Waals surface area contributed by atoms with E-state index in [1.165, 1.54) is 18.5 Å². The number of fused-ring (bicyclic) bond motifs is 1. The Morgan fingerprint density at radius 1 is 1.00 bits per heavy atom. The van der Waals surface area contributed by atoms with E-state index >= 15 is 0 Å². The van der Waals surface area contributed by atoms with Gasteiger partial charge in [-0.05, 0) is 24.1 Å². The summed E-state index contributed by atoms with van der Waals surface area (Å²) in [5, 5.41) is 0.216. The lowest BCUT2D eigenvalue weighted by molar-refractivity contribution is -0.138. The van der Waals surface area contributed by atoms with E-state index in [9.17, 15) is 17.6 Å². The zero-order valence-electron chi connectivity index (χ0n) is 13.0. The maximum atomic E-state index is 13.4. The Bertz CT molecular complexity index is 562. The highest BCUT2D eigenvalue weighted by Gasteiger charge is 2.36. The van der Waals surface area contributed by atoms with Crippen molar-refractivity contribution in [3.63, 3.8) is 0 Å². The van der Waals surface area contributed by atoms with E-state index in [1.54, 1.807) is 6.92 Å². The Hall–Kier alpha value is -1.65. The van der Waals surface area contributed by atoms with Crippen molar-refractivity contribution >= 4 is 10.8 Å². The van der Waals surface area contributed by atoms with Crippen LogP contribution in [-0.4, -0.2) is 4.98 Å². The van der Waals surface area contributed by atoms with Gasteiger partial charge in [0.05, 0.1) is 5.56 Å². The molecule has 0 fully saturated rings. The molecule has 0 aliphatic carbocycles. The van der Waals surface area contributed by atoms with Crippen molar-refractivity contribution in [1.82, 2.24) is 4.98 Å². The third-order valence-electron chi connectivity index (χ3n) is 2.62. The highest BCUT2D eigenvalue weighted by Crippen LogP contribution is 2.38. The zero-order chi connectivity index (χ0) is 16.6. The molecule has 1 heterocycles. The molecule has 0 saturated heterocycles. The second-order valence-electron chi connectivity index (χ2n) is 3.67. The molecule has 0 spiro atoms. The predicted molar refractivity (Wildman–Crippen MR) is 78.8 cm³/mol. The van der Waals surface area contributed by atoms with Crippen LogP contribution in [0, 0.1) is 5.82 Å². The van der Waals surface area contributed by atoms with Gasteiger partial charge in [-0.3, -0.25) is 4.98 Å². The van der Waals surface area contributed by atoms with E-state index in [1.807, 2.05) is 27.7 Å². The van der Waals surface area contributed by atoms with Gasteiger partial charge in [-0.1, -0.05) is 34.6 Å². The molecule has 0 saturated carbocycles. The number of alkyl halides is 3. The minimum absolute atomic E-state index is 0.0880. The average molecular weight is 303 g/mol. The normalized spacial score (nSPS) is 10.3. The van der Waals surface area contributed by atoms with Gasteiger partial charge >= 0.3 is 6.18 Å². The Morgan fingerprint density at radius 2 is 1.57 bits per heavy atom. The molecule has 0 amide bonds. The molecule has 1 aromatic heterocycles. The van der Waals surface area contributed by atoms with Gasteiger partial charge in [0.2, 0.25) is 0 Å². The molecule has 0 unspecified atom stereocenters. The number of hydrogen-bond donors (Lipinski definition) is 0. The second-order valence-corrected chi connectivity index (χ2v) is 3.67. The summed E-state index contributed by atoms with van der Waals surface area (Å²) in [5.74, 6) is -1.24. The fourth-order valence-corrected chi connectivity index (χ4v) is 1.86. The summed E-state index contributed by atoms with van der Waals surface area (Å²) in [4.78, 5) is 3.85. The van der Waals surface area contributed by atoms with Gasteiger partial charge in [-0.25, -0.2) is 4.39 Å². The van der Waals surface area contributed by atoms with Crippen LogP contribution in [0.5, 0.6) is 0 Å². The van der Waals surface area contributed by atoms with Crippen molar-refractivity contribution in [3.8, 4) is 0 Å². The molecule has 0 N–H and O–H groups in total. The quantitative estimate of drug-likeness (QED) is 0.588. The molecule has 1 aromatic carbocycles. The lowest BCUT2D eigenvalue weighted by Gasteiger charge is -2.13. The van der Waals surface area contributed by atoms with Crippen LogP contribution in [0.1, 0.15) is 45.7 Å². The topological polar surface area (TPSA) is 12.9 Å². The molecular weight excluding hydrogens is 282 g/mol. The van der Waals surface area contributed by atoms with Gasteiger partial charge in [-0.15, -0.1) is 0 Å². The fraction of sp³-hybridized carbons (Fsp3) is 0.438. The molecule has 21 heavy (non-hydrogen) atoms. The molecule has 118 valence electrons. The van der Waals surface area contributed by atoms with E-state index in [2.05, 4.69) is 4.98 Å². The molecule has 2 rings (SSSR count). The Morgan fingerprint density at radius 3 is 2.05 bits per heavy atom. The summed E-state index contributed by atoms with van der Waals surface area (Å²) in [6.45, 7) is 9.71. The minimum atomic E-state index is -4.70. The number of halogens is 4. The maximum absolute atomic E-state index is 13.4. The van der Waals surface area contributed by atoms with Crippen molar-refractivity contribution in [2.45, 2.75) is 47.2 Å². The van der Waals surface area contributed by atoms with Gasteiger partial charge in [0.15, 0.2) is 0 Å². The van der Waals surface area contributed by atoms with Crippen LogP contribution in [0.4, 0.5) is 17.6 Å². The summed E-state index contributed by atoms with van der Waals surface area (Å²) >= 11 is 0. The molecule has 0 radical (unpaired) electrons. The van der Waals surface area contributed by atoms with Crippen LogP contribution in [0.3, 0.4) is 0 Å². The monoisotopic (exact) mass is 303 g/mol. The molecule has 0 aliphatic heterocycles. The van der Waals surface area contributed by atoms with E-state index in [0.717, 1.165) is 6.07 Å². The molecule has 0 aliphatic rings. The molecule has 1 nitrogen and oxygen atoms in total. The fourth-order valence-electron chi connectivity index (χ4n) is 1.86. The first-order valence-electron chi connectivity index (χ1n) is 7.07. The predicted octanol–water partition coefficient (Wildman–Crippen LogP) is 6.01. The highest BCUT2D eigenvalue weighted by atomic mass is 19.4. The molecule has 0 atom stereocenters. The van der Waals surface area contributed by atoms with Gasteiger partial charge in [0.25, 0.3) is 0 Å². The number of rotatable bonds is 1. The zero-order valence-corrected chi connectivity index (χ0v) is 13.0. The first kappa shape index (κ1) is 19.4. The second kappa shape index (κ2) is 8.60. The number of nitrogens with zero attached hydrogens (tertiary/aromatic N) is 1. The molecule has 2 aromatic rings. The van der Waals surface area contributed by atoms with E-state index in [-0.39, 0.29) is 5.39 Å². The Balaban J connectivity index is 0.000000921. The number of hydrogen-bond acceptors (Lipinski definition) is 1. The smallest absolute Gasteiger partial charge is 0.264 e. The van der Waals surface area contributed by atoms with Crippen molar-refractivity contribution in [2.75, 3.05) is 0 Å². The molecular formula is C16H21F4N.